The van der Waals surface area contributed by atoms with E-state index in [0.29, 0.717) is 12.5 Å². The number of nitrogens with two attached hydrogens (primary N) is 1. The smallest absolute Gasteiger partial charge is 0.236 e. The zero-order valence-electron chi connectivity index (χ0n) is 11.8. The molecule has 2 N–H and O–H groups in total. The van der Waals surface area contributed by atoms with E-state index in [1.807, 2.05) is 31.2 Å². The fourth-order valence-corrected chi connectivity index (χ4v) is 1.87. The predicted octanol–water partition coefficient (Wildman–Crippen LogP) is 2.83. The number of fused-ring (bicyclic) bond motifs is 1. The maximum absolute atomic E-state index is 6.23. The summed E-state index contributed by atoms with van der Waals surface area (Å²) in [5, 5.41) is 0. The summed E-state index contributed by atoms with van der Waals surface area (Å²) in [6.07, 6.45) is 1.76. The van der Waals surface area contributed by atoms with Gasteiger partial charge in [-0.05, 0) is 31.9 Å². The molecular weight excluding hydrogens is 238 g/mol. The van der Waals surface area contributed by atoms with Crippen molar-refractivity contribution in [3.05, 3.63) is 30.0 Å². The van der Waals surface area contributed by atoms with Gasteiger partial charge in [0.1, 0.15) is 12.3 Å². The van der Waals surface area contributed by atoms with Crippen LogP contribution in [-0.4, -0.2) is 22.1 Å². The quantitative estimate of drug-likeness (QED) is 0.897. The van der Waals surface area contributed by atoms with E-state index in [9.17, 15) is 0 Å². The minimum Gasteiger partial charge on any atom is -0.474 e. The minimum atomic E-state index is -0.292. The second kappa shape index (κ2) is 5.53. The normalized spacial score (nSPS) is 11.8. The van der Waals surface area contributed by atoms with Gasteiger partial charge in [0.2, 0.25) is 5.88 Å². The molecule has 0 aliphatic rings. The fraction of sp³-hybridized carbons (Fsp3) is 0.467. The van der Waals surface area contributed by atoms with Crippen LogP contribution in [0.3, 0.4) is 0 Å². The van der Waals surface area contributed by atoms with Crippen LogP contribution in [0.15, 0.2) is 24.3 Å². The van der Waals surface area contributed by atoms with Crippen LogP contribution in [0.2, 0.25) is 0 Å². The number of aryl methyl sites for hydroxylation is 1. The molecule has 1 heterocycles. The zero-order chi connectivity index (χ0) is 13.9. The molecule has 0 fully saturated rings. The van der Waals surface area contributed by atoms with E-state index in [-0.39, 0.29) is 5.54 Å². The number of aromatic nitrogens is 2. The van der Waals surface area contributed by atoms with Crippen molar-refractivity contribution in [2.45, 2.75) is 39.2 Å². The van der Waals surface area contributed by atoms with E-state index in [1.165, 1.54) is 0 Å². The summed E-state index contributed by atoms with van der Waals surface area (Å²) in [5.41, 5.74) is 8.47. The average Bonchev–Trinajstić information content (AvgIpc) is 2.44. The highest BCUT2D eigenvalue weighted by Crippen LogP contribution is 2.20. The molecule has 0 saturated carbocycles. The Hall–Kier alpha value is -1.68. The molecule has 0 radical (unpaired) electrons. The van der Waals surface area contributed by atoms with Crippen LogP contribution in [0.1, 0.15) is 32.4 Å². The van der Waals surface area contributed by atoms with Gasteiger partial charge >= 0.3 is 0 Å². The third-order valence-corrected chi connectivity index (χ3v) is 3.61. The predicted molar refractivity (Wildman–Crippen MR) is 77.3 cm³/mol. The molecule has 0 saturated heterocycles. The first-order valence-electron chi connectivity index (χ1n) is 6.73. The van der Waals surface area contributed by atoms with Gasteiger partial charge in [-0.25, -0.2) is 9.97 Å². The number of hydrogen-bond acceptors (Lipinski definition) is 4. The molecular formula is C15H21N3O. The molecule has 1 aromatic carbocycles. The Bertz CT molecular complexity index is 564. The number of rotatable bonds is 5. The van der Waals surface area contributed by atoms with Crippen molar-refractivity contribution in [1.29, 1.82) is 0 Å². The molecule has 19 heavy (non-hydrogen) atoms. The summed E-state index contributed by atoms with van der Waals surface area (Å²) >= 11 is 0. The van der Waals surface area contributed by atoms with Gasteiger partial charge in [0.05, 0.1) is 11.0 Å². The Morgan fingerprint density at radius 2 is 1.68 bits per heavy atom. The van der Waals surface area contributed by atoms with E-state index in [2.05, 4.69) is 23.8 Å². The number of para-hydroxylation sites is 2. The number of hydrogen-bond donors (Lipinski definition) is 1. The molecule has 102 valence electrons. The lowest BCUT2D eigenvalue weighted by atomic mass is 9.96. The fourth-order valence-electron chi connectivity index (χ4n) is 1.87. The molecule has 4 nitrogen and oxygen atoms in total. The van der Waals surface area contributed by atoms with Gasteiger partial charge in [-0.3, -0.25) is 0 Å². The van der Waals surface area contributed by atoms with Crippen molar-refractivity contribution in [2.24, 2.45) is 5.73 Å². The van der Waals surface area contributed by atoms with E-state index in [1.54, 1.807) is 0 Å². The Labute approximate surface area is 114 Å². The van der Waals surface area contributed by atoms with E-state index < -0.39 is 0 Å². The molecule has 1 aromatic heterocycles. The minimum absolute atomic E-state index is 0.292. The lowest BCUT2D eigenvalue weighted by Gasteiger charge is -2.26. The van der Waals surface area contributed by atoms with Gasteiger partial charge in [-0.15, -0.1) is 0 Å². The van der Waals surface area contributed by atoms with Crippen molar-refractivity contribution in [3.63, 3.8) is 0 Å². The summed E-state index contributed by atoms with van der Waals surface area (Å²) in [5.74, 6) is 0.579. The first-order valence-corrected chi connectivity index (χ1v) is 6.73. The number of ether oxygens (including phenoxy) is 1. The average molecular weight is 259 g/mol. The van der Waals surface area contributed by atoms with Crippen molar-refractivity contribution in [1.82, 2.24) is 9.97 Å². The van der Waals surface area contributed by atoms with Crippen molar-refractivity contribution in [3.8, 4) is 5.88 Å². The van der Waals surface area contributed by atoms with Gasteiger partial charge in [-0.2, -0.15) is 0 Å². The highest BCUT2D eigenvalue weighted by atomic mass is 16.5. The second-order valence-corrected chi connectivity index (χ2v) is 4.96. The topological polar surface area (TPSA) is 61.0 Å². The molecule has 0 aliphatic carbocycles. The lowest BCUT2D eigenvalue weighted by Crippen LogP contribution is -2.44. The standard InChI is InChI=1S/C15H21N3O/c1-4-15(16,5-2)10-19-14-11(3)17-12-8-6-7-9-13(12)18-14/h6-9H,4-5,10,16H2,1-3H3. The van der Waals surface area contributed by atoms with E-state index in [0.717, 1.165) is 29.6 Å². The SMILES string of the molecule is CCC(N)(CC)COc1nc2ccccc2nc1C. The zero-order valence-corrected chi connectivity index (χ0v) is 11.8. The molecule has 0 spiro atoms. The summed E-state index contributed by atoms with van der Waals surface area (Å²) in [4.78, 5) is 9.01. The molecule has 4 heteroatoms. The monoisotopic (exact) mass is 259 g/mol. The Morgan fingerprint density at radius 3 is 2.26 bits per heavy atom. The van der Waals surface area contributed by atoms with Crippen molar-refractivity contribution >= 4 is 11.0 Å². The van der Waals surface area contributed by atoms with Crippen molar-refractivity contribution < 1.29 is 4.74 Å². The van der Waals surface area contributed by atoms with Crippen LogP contribution in [0.5, 0.6) is 5.88 Å². The summed E-state index contributed by atoms with van der Waals surface area (Å²) in [7, 11) is 0. The Kier molecular flexibility index (Phi) is 4.00. The van der Waals surface area contributed by atoms with E-state index in [4.69, 9.17) is 10.5 Å². The maximum Gasteiger partial charge on any atom is 0.236 e. The molecule has 0 amide bonds. The van der Waals surface area contributed by atoms with Crippen LogP contribution < -0.4 is 10.5 Å². The van der Waals surface area contributed by atoms with Gasteiger partial charge in [-0.1, -0.05) is 26.0 Å². The molecule has 0 unspecified atom stereocenters. The Morgan fingerprint density at radius 1 is 1.11 bits per heavy atom. The van der Waals surface area contributed by atoms with Crippen LogP contribution in [0, 0.1) is 6.92 Å². The summed E-state index contributed by atoms with van der Waals surface area (Å²) in [6.45, 7) is 6.52. The number of benzene rings is 1. The maximum atomic E-state index is 6.23. The van der Waals surface area contributed by atoms with Crippen LogP contribution in [-0.2, 0) is 0 Å². The first-order chi connectivity index (χ1) is 9.08. The molecule has 0 aliphatic heterocycles. The second-order valence-electron chi connectivity index (χ2n) is 4.96. The third-order valence-electron chi connectivity index (χ3n) is 3.61. The van der Waals surface area contributed by atoms with Gasteiger partial charge in [0, 0.05) is 5.54 Å². The highest BCUT2D eigenvalue weighted by Gasteiger charge is 2.22. The molecule has 0 atom stereocenters. The number of nitrogens with zero attached hydrogens (tertiary/aromatic N) is 2. The lowest BCUT2D eigenvalue weighted by molar-refractivity contribution is 0.199. The molecule has 2 rings (SSSR count). The Balaban J connectivity index is 2.23. The molecule has 2 aromatic rings. The largest absolute Gasteiger partial charge is 0.474 e. The summed E-state index contributed by atoms with van der Waals surface area (Å²) < 4.78 is 5.79. The van der Waals surface area contributed by atoms with Crippen molar-refractivity contribution in [2.75, 3.05) is 6.61 Å². The molecule has 0 bridgehead atoms. The van der Waals surface area contributed by atoms with Crippen LogP contribution in [0.25, 0.3) is 11.0 Å². The summed E-state index contributed by atoms with van der Waals surface area (Å²) in [6, 6.07) is 7.78. The highest BCUT2D eigenvalue weighted by molar-refractivity contribution is 5.74. The van der Waals surface area contributed by atoms with Gasteiger partial charge in [0.25, 0.3) is 0 Å². The first kappa shape index (κ1) is 13.7. The van der Waals surface area contributed by atoms with E-state index >= 15 is 0 Å². The van der Waals surface area contributed by atoms with Gasteiger partial charge < -0.3 is 10.5 Å². The van der Waals surface area contributed by atoms with Crippen LogP contribution >= 0.6 is 0 Å². The van der Waals surface area contributed by atoms with Crippen LogP contribution in [0.4, 0.5) is 0 Å². The van der Waals surface area contributed by atoms with Gasteiger partial charge in [0.15, 0.2) is 0 Å². The third kappa shape index (κ3) is 3.01.